The summed E-state index contributed by atoms with van der Waals surface area (Å²) in [7, 11) is 0. The lowest BCUT2D eigenvalue weighted by atomic mass is 9.86. The summed E-state index contributed by atoms with van der Waals surface area (Å²) in [6.45, 7) is 3.62. The minimum atomic E-state index is -0.620. The summed E-state index contributed by atoms with van der Waals surface area (Å²) in [5.74, 6) is 0. The van der Waals surface area contributed by atoms with Crippen molar-refractivity contribution in [3.8, 4) is 0 Å². The molecular formula is C10H10BrClO. The van der Waals surface area contributed by atoms with E-state index < -0.39 is 5.41 Å². The van der Waals surface area contributed by atoms with Gasteiger partial charge >= 0.3 is 0 Å². The van der Waals surface area contributed by atoms with E-state index in [9.17, 15) is 4.79 Å². The summed E-state index contributed by atoms with van der Waals surface area (Å²) in [4.78, 5) is 11.1. The lowest BCUT2D eigenvalue weighted by molar-refractivity contribution is -0.115. The molecular weight excluding hydrogens is 251 g/mol. The highest BCUT2D eigenvalue weighted by atomic mass is 79.9. The van der Waals surface area contributed by atoms with Crippen molar-refractivity contribution in [1.29, 1.82) is 0 Å². The first kappa shape index (κ1) is 10.7. The van der Waals surface area contributed by atoms with E-state index in [1.165, 1.54) is 0 Å². The van der Waals surface area contributed by atoms with E-state index in [2.05, 4.69) is 15.9 Å². The van der Waals surface area contributed by atoms with Gasteiger partial charge in [-0.3, -0.25) is 4.79 Å². The van der Waals surface area contributed by atoms with Crippen LogP contribution >= 0.6 is 27.5 Å². The van der Waals surface area contributed by atoms with Gasteiger partial charge in [0.25, 0.3) is 0 Å². The van der Waals surface area contributed by atoms with Gasteiger partial charge in [0, 0.05) is 4.47 Å². The summed E-state index contributed by atoms with van der Waals surface area (Å²) in [6, 6.07) is 7.60. The number of halogens is 2. The van der Waals surface area contributed by atoms with Gasteiger partial charge in [-0.05, 0) is 43.1 Å². The highest BCUT2D eigenvalue weighted by Crippen LogP contribution is 2.27. The molecule has 1 aromatic carbocycles. The van der Waals surface area contributed by atoms with Crippen molar-refractivity contribution in [3.05, 3.63) is 34.3 Å². The van der Waals surface area contributed by atoms with Crippen LogP contribution in [0.5, 0.6) is 0 Å². The molecule has 0 atom stereocenters. The third kappa shape index (κ3) is 2.32. The maximum Gasteiger partial charge on any atom is 0.231 e. The van der Waals surface area contributed by atoms with Crippen LogP contribution < -0.4 is 0 Å². The Morgan fingerprint density at radius 2 is 2.08 bits per heavy atom. The minimum Gasteiger partial charge on any atom is -0.280 e. The molecule has 3 heteroatoms. The molecule has 0 saturated heterocycles. The first-order chi connectivity index (χ1) is 5.94. The van der Waals surface area contributed by atoms with Crippen LogP contribution in [-0.4, -0.2) is 5.24 Å². The van der Waals surface area contributed by atoms with Crippen molar-refractivity contribution in [1.82, 2.24) is 0 Å². The lowest BCUT2D eigenvalue weighted by Gasteiger charge is -2.20. The van der Waals surface area contributed by atoms with Crippen molar-refractivity contribution in [2.75, 3.05) is 0 Å². The zero-order valence-corrected chi connectivity index (χ0v) is 9.82. The first-order valence-electron chi connectivity index (χ1n) is 3.90. The quantitative estimate of drug-likeness (QED) is 0.745. The molecule has 0 aliphatic rings. The number of benzene rings is 1. The molecule has 0 saturated carbocycles. The molecule has 0 aromatic heterocycles. The fourth-order valence-corrected chi connectivity index (χ4v) is 1.50. The SMILES string of the molecule is CC(C)(C(=O)Cl)c1cccc(Br)c1. The standard InChI is InChI=1S/C10H10BrClO/c1-10(2,9(12)13)7-4-3-5-8(11)6-7/h3-6H,1-2H3. The Morgan fingerprint density at radius 3 is 2.54 bits per heavy atom. The Bertz CT molecular complexity index is 333. The molecule has 0 amide bonds. The van der Waals surface area contributed by atoms with E-state index in [1.807, 2.05) is 38.1 Å². The monoisotopic (exact) mass is 260 g/mol. The normalized spacial score (nSPS) is 11.4. The van der Waals surface area contributed by atoms with E-state index in [4.69, 9.17) is 11.6 Å². The van der Waals surface area contributed by atoms with Crippen LogP contribution in [0, 0.1) is 0 Å². The summed E-state index contributed by atoms with van der Waals surface area (Å²) in [5, 5.41) is -0.342. The fraction of sp³-hybridized carbons (Fsp3) is 0.300. The zero-order chi connectivity index (χ0) is 10.1. The predicted octanol–water partition coefficient (Wildman–Crippen LogP) is 3.49. The average Bonchev–Trinajstić information content (AvgIpc) is 2.04. The lowest BCUT2D eigenvalue weighted by Crippen LogP contribution is -2.24. The van der Waals surface area contributed by atoms with E-state index in [-0.39, 0.29) is 5.24 Å². The first-order valence-corrected chi connectivity index (χ1v) is 5.07. The number of rotatable bonds is 2. The van der Waals surface area contributed by atoms with Gasteiger partial charge in [-0.1, -0.05) is 28.1 Å². The van der Waals surface area contributed by atoms with Crippen LogP contribution in [0.15, 0.2) is 28.7 Å². The molecule has 0 heterocycles. The Labute approximate surface area is 91.2 Å². The van der Waals surface area contributed by atoms with Gasteiger partial charge in [-0.25, -0.2) is 0 Å². The van der Waals surface area contributed by atoms with Crippen LogP contribution in [0.25, 0.3) is 0 Å². The van der Waals surface area contributed by atoms with Gasteiger partial charge in [0.2, 0.25) is 5.24 Å². The molecule has 13 heavy (non-hydrogen) atoms. The molecule has 0 fully saturated rings. The molecule has 1 nitrogen and oxygen atoms in total. The smallest absolute Gasteiger partial charge is 0.231 e. The highest BCUT2D eigenvalue weighted by molar-refractivity contribution is 9.10. The number of carbonyl (C=O) groups excluding carboxylic acids is 1. The molecule has 0 aliphatic carbocycles. The number of hydrogen-bond donors (Lipinski definition) is 0. The largest absolute Gasteiger partial charge is 0.280 e. The topological polar surface area (TPSA) is 17.1 Å². The van der Waals surface area contributed by atoms with Gasteiger partial charge in [0.1, 0.15) is 0 Å². The van der Waals surface area contributed by atoms with Crippen molar-refractivity contribution < 1.29 is 4.79 Å². The van der Waals surface area contributed by atoms with Gasteiger partial charge in [0.15, 0.2) is 0 Å². The molecule has 1 aromatic rings. The van der Waals surface area contributed by atoms with E-state index in [1.54, 1.807) is 0 Å². The van der Waals surface area contributed by atoms with Gasteiger partial charge in [-0.2, -0.15) is 0 Å². The van der Waals surface area contributed by atoms with Crippen LogP contribution in [0.2, 0.25) is 0 Å². The molecule has 70 valence electrons. The molecule has 0 unspecified atom stereocenters. The van der Waals surface area contributed by atoms with E-state index in [0.717, 1.165) is 10.0 Å². The second kappa shape index (κ2) is 3.81. The third-order valence-corrected chi connectivity index (χ3v) is 3.00. The number of carbonyl (C=O) groups is 1. The zero-order valence-electron chi connectivity index (χ0n) is 7.47. The van der Waals surface area contributed by atoms with Crippen molar-refractivity contribution >= 4 is 32.8 Å². The van der Waals surface area contributed by atoms with Crippen LogP contribution in [0.1, 0.15) is 19.4 Å². The summed E-state index contributed by atoms with van der Waals surface area (Å²) >= 11 is 8.85. The predicted molar refractivity (Wildman–Crippen MR) is 58.0 cm³/mol. The molecule has 0 bridgehead atoms. The summed E-state index contributed by atoms with van der Waals surface area (Å²) in [5.41, 5.74) is 0.299. The molecule has 0 aliphatic heterocycles. The van der Waals surface area contributed by atoms with Crippen molar-refractivity contribution in [3.63, 3.8) is 0 Å². The maximum atomic E-state index is 11.1. The minimum absolute atomic E-state index is 0.342. The van der Waals surface area contributed by atoms with E-state index in [0.29, 0.717) is 0 Å². The van der Waals surface area contributed by atoms with Gasteiger partial charge in [-0.15, -0.1) is 0 Å². The van der Waals surface area contributed by atoms with Crippen LogP contribution in [0.3, 0.4) is 0 Å². The Morgan fingerprint density at radius 1 is 1.46 bits per heavy atom. The van der Waals surface area contributed by atoms with Crippen LogP contribution in [-0.2, 0) is 10.2 Å². The average molecular weight is 262 g/mol. The molecule has 1 rings (SSSR count). The Hall–Kier alpha value is -0.340. The van der Waals surface area contributed by atoms with Gasteiger partial charge < -0.3 is 0 Å². The maximum absolute atomic E-state index is 11.1. The molecule has 0 radical (unpaired) electrons. The number of hydrogen-bond acceptors (Lipinski definition) is 1. The molecule has 0 N–H and O–H groups in total. The Balaban J connectivity index is 3.14. The van der Waals surface area contributed by atoms with E-state index >= 15 is 0 Å². The van der Waals surface area contributed by atoms with Gasteiger partial charge in [0.05, 0.1) is 5.41 Å². The summed E-state index contributed by atoms with van der Waals surface area (Å²) in [6.07, 6.45) is 0. The molecule has 0 spiro atoms. The second-order valence-electron chi connectivity index (χ2n) is 3.41. The fourth-order valence-electron chi connectivity index (χ4n) is 0.991. The van der Waals surface area contributed by atoms with Crippen molar-refractivity contribution in [2.45, 2.75) is 19.3 Å². The summed E-state index contributed by atoms with van der Waals surface area (Å²) < 4.78 is 0.955. The highest BCUT2D eigenvalue weighted by Gasteiger charge is 2.27. The van der Waals surface area contributed by atoms with Crippen molar-refractivity contribution in [2.24, 2.45) is 0 Å². The van der Waals surface area contributed by atoms with Crippen LogP contribution in [0.4, 0.5) is 0 Å². The Kier molecular flexibility index (Phi) is 3.14. The third-order valence-electron chi connectivity index (χ3n) is 2.04. The second-order valence-corrected chi connectivity index (χ2v) is 4.67.